The van der Waals surface area contributed by atoms with Gasteiger partial charge in [0.25, 0.3) is 5.91 Å². The Morgan fingerprint density at radius 1 is 0.896 bits per heavy atom. The third-order valence-corrected chi connectivity index (χ3v) is 9.07. The molecule has 4 aromatic heterocycles. The first-order valence-corrected chi connectivity index (χ1v) is 16.5. The molecule has 0 saturated carbocycles. The smallest absolute Gasteiger partial charge is 0.259 e. The fraction of sp³-hybridized carbons (Fsp3) is 0.139. The average molecular weight is 654 g/mol. The summed E-state index contributed by atoms with van der Waals surface area (Å²) in [7, 11) is 0. The zero-order valence-electron chi connectivity index (χ0n) is 26.1. The minimum absolute atomic E-state index is 0.234. The van der Waals surface area contributed by atoms with Crippen LogP contribution in [0.4, 0.5) is 23.0 Å². The maximum Gasteiger partial charge on any atom is 0.259 e. The summed E-state index contributed by atoms with van der Waals surface area (Å²) in [6.45, 7) is 5.15. The van der Waals surface area contributed by atoms with Crippen LogP contribution in [-0.2, 0) is 4.74 Å². The monoisotopic (exact) mass is 653 g/mol. The van der Waals surface area contributed by atoms with Gasteiger partial charge in [-0.3, -0.25) is 9.20 Å². The number of aromatic nitrogens is 6. The van der Waals surface area contributed by atoms with Crippen LogP contribution in [-0.4, -0.2) is 61.3 Å². The van der Waals surface area contributed by atoms with Crippen molar-refractivity contribution in [2.24, 2.45) is 0 Å². The second kappa shape index (κ2) is 12.7. The first kappa shape index (κ1) is 29.5. The number of morpholine rings is 1. The van der Waals surface area contributed by atoms with E-state index in [1.165, 1.54) is 0 Å². The third kappa shape index (κ3) is 5.78. The number of ether oxygens (including phenoxy) is 1. The van der Waals surface area contributed by atoms with Crippen LogP contribution in [0.2, 0.25) is 0 Å². The lowest BCUT2D eigenvalue weighted by atomic mass is 10.1. The van der Waals surface area contributed by atoms with Crippen molar-refractivity contribution in [3.8, 4) is 28.3 Å². The largest absolute Gasteiger partial charge is 0.378 e. The van der Waals surface area contributed by atoms with Crippen molar-refractivity contribution in [3.05, 3.63) is 120 Å². The summed E-state index contributed by atoms with van der Waals surface area (Å²) >= 11 is 1.55. The van der Waals surface area contributed by atoms with E-state index in [1.807, 2.05) is 95.7 Å². The van der Waals surface area contributed by atoms with Gasteiger partial charge in [0.2, 0.25) is 5.95 Å². The van der Waals surface area contributed by atoms with Gasteiger partial charge in [-0.15, -0.1) is 11.3 Å². The van der Waals surface area contributed by atoms with Gasteiger partial charge in [-0.1, -0.05) is 30.3 Å². The number of carbonyl (C=O) groups is 1. The van der Waals surface area contributed by atoms with Crippen LogP contribution in [0.25, 0.3) is 33.3 Å². The lowest BCUT2D eigenvalue weighted by Gasteiger charge is -2.28. The van der Waals surface area contributed by atoms with E-state index in [-0.39, 0.29) is 5.91 Å². The molecule has 0 aliphatic carbocycles. The summed E-state index contributed by atoms with van der Waals surface area (Å²) < 4.78 is 9.29. The minimum atomic E-state index is -0.234. The summed E-state index contributed by atoms with van der Waals surface area (Å²) in [5.41, 5.74) is 8.03. The molecule has 11 nitrogen and oxygen atoms in total. The molecule has 5 heterocycles. The average Bonchev–Trinajstić information content (AvgIpc) is 3.84. The summed E-state index contributed by atoms with van der Waals surface area (Å²) in [5.74, 6) is 0.248. The second-order valence-corrected chi connectivity index (χ2v) is 12.2. The Labute approximate surface area is 280 Å². The number of imidazole rings is 1. The van der Waals surface area contributed by atoms with E-state index in [0.29, 0.717) is 17.2 Å². The molecule has 0 radical (unpaired) electrons. The van der Waals surface area contributed by atoms with E-state index >= 15 is 0 Å². The molecule has 238 valence electrons. The Balaban J connectivity index is 1.06. The number of anilines is 4. The highest BCUT2D eigenvalue weighted by atomic mass is 32.1. The van der Waals surface area contributed by atoms with Gasteiger partial charge in [0.05, 0.1) is 47.7 Å². The van der Waals surface area contributed by atoms with E-state index in [4.69, 9.17) is 14.7 Å². The number of para-hydroxylation sites is 1. The summed E-state index contributed by atoms with van der Waals surface area (Å²) in [4.78, 5) is 30.9. The van der Waals surface area contributed by atoms with Crippen LogP contribution in [0.5, 0.6) is 0 Å². The van der Waals surface area contributed by atoms with Gasteiger partial charge in [-0.25, -0.2) is 19.6 Å². The summed E-state index contributed by atoms with van der Waals surface area (Å²) in [6, 6.07) is 27.6. The summed E-state index contributed by atoms with van der Waals surface area (Å²) in [5, 5.41) is 12.9. The molecule has 7 aromatic rings. The van der Waals surface area contributed by atoms with Crippen LogP contribution >= 0.6 is 11.3 Å². The number of nitrogens with one attached hydrogen (secondary N) is 2. The standard InChI is InChI=1S/C36H31N9O2S/c1-24-30(23-38-45(24)29-8-3-2-4-9-29)34(46)39-27-7-5-6-25(22-27)32-33(44-18-21-48-36(44)42-32)31-14-15-37-35(41-31)40-26-10-12-28(13-11-26)43-16-19-47-20-17-43/h2-15,18,21-23H,16-17,19-20H2,1H3,(H,39,46)(H,37,40,41). The Morgan fingerprint density at radius 3 is 2.56 bits per heavy atom. The Bertz CT molecular complexity index is 2220. The van der Waals surface area contributed by atoms with E-state index in [0.717, 1.165) is 76.7 Å². The number of rotatable bonds is 8. The number of hydrogen-bond donors (Lipinski definition) is 2. The van der Waals surface area contributed by atoms with Crippen LogP contribution in [0.3, 0.4) is 0 Å². The highest BCUT2D eigenvalue weighted by molar-refractivity contribution is 7.15. The quantitative estimate of drug-likeness (QED) is 0.183. The van der Waals surface area contributed by atoms with Gasteiger partial charge in [0.1, 0.15) is 5.69 Å². The third-order valence-electron chi connectivity index (χ3n) is 8.31. The van der Waals surface area contributed by atoms with Gasteiger partial charge < -0.3 is 20.3 Å². The molecule has 0 unspecified atom stereocenters. The normalized spacial score (nSPS) is 13.1. The van der Waals surface area contributed by atoms with Crippen molar-refractivity contribution in [1.82, 2.24) is 29.1 Å². The molecule has 3 aromatic carbocycles. The van der Waals surface area contributed by atoms with E-state index in [2.05, 4.69) is 37.7 Å². The molecular weight excluding hydrogens is 623 g/mol. The van der Waals surface area contributed by atoms with Gasteiger partial charge in [0, 0.05) is 53.5 Å². The fourth-order valence-electron chi connectivity index (χ4n) is 5.89. The van der Waals surface area contributed by atoms with Crippen molar-refractivity contribution in [3.63, 3.8) is 0 Å². The van der Waals surface area contributed by atoms with Crippen molar-refractivity contribution < 1.29 is 9.53 Å². The molecule has 0 bridgehead atoms. The van der Waals surface area contributed by atoms with Crippen LogP contribution in [0.15, 0.2) is 109 Å². The number of thiazole rings is 1. The molecule has 1 amide bonds. The Hall–Kier alpha value is -5.85. The van der Waals surface area contributed by atoms with Gasteiger partial charge in [-0.05, 0) is 61.5 Å². The molecule has 0 atom stereocenters. The number of hydrogen-bond acceptors (Lipinski definition) is 9. The maximum absolute atomic E-state index is 13.4. The number of amides is 1. The SMILES string of the molecule is Cc1c(C(=O)Nc2cccc(-c3nc4sccn4c3-c3ccnc(Nc4ccc(N5CCOCC5)cc4)n3)c2)cnn1-c1ccccc1. The highest BCUT2D eigenvalue weighted by Crippen LogP contribution is 2.35. The summed E-state index contributed by atoms with van der Waals surface area (Å²) in [6.07, 6.45) is 5.34. The van der Waals surface area contributed by atoms with Crippen molar-refractivity contribution in [1.29, 1.82) is 0 Å². The molecule has 48 heavy (non-hydrogen) atoms. The van der Waals surface area contributed by atoms with Crippen LogP contribution in [0.1, 0.15) is 16.1 Å². The Morgan fingerprint density at radius 2 is 1.73 bits per heavy atom. The lowest BCUT2D eigenvalue weighted by Crippen LogP contribution is -2.36. The topological polar surface area (TPSA) is 114 Å². The lowest BCUT2D eigenvalue weighted by molar-refractivity contribution is 0.102. The zero-order valence-corrected chi connectivity index (χ0v) is 26.9. The van der Waals surface area contributed by atoms with Crippen molar-refractivity contribution in [2.75, 3.05) is 41.8 Å². The molecule has 0 spiro atoms. The number of nitrogens with zero attached hydrogens (tertiary/aromatic N) is 7. The molecule has 1 aliphatic rings. The zero-order chi connectivity index (χ0) is 32.5. The minimum Gasteiger partial charge on any atom is -0.378 e. The van der Waals surface area contributed by atoms with Gasteiger partial charge >= 0.3 is 0 Å². The number of benzene rings is 3. The number of fused-ring (bicyclic) bond motifs is 1. The predicted octanol–water partition coefficient (Wildman–Crippen LogP) is 6.85. The highest BCUT2D eigenvalue weighted by Gasteiger charge is 2.20. The van der Waals surface area contributed by atoms with E-state index < -0.39 is 0 Å². The molecule has 1 saturated heterocycles. The first-order valence-electron chi connectivity index (χ1n) is 15.6. The Kier molecular flexibility index (Phi) is 7.84. The van der Waals surface area contributed by atoms with Gasteiger partial charge in [0.15, 0.2) is 4.96 Å². The fourth-order valence-corrected chi connectivity index (χ4v) is 6.61. The molecular formula is C36H31N9O2S. The molecule has 8 rings (SSSR count). The van der Waals surface area contributed by atoms with Crippen molar-refractivity contribution in [2.45, 2.75) is 6.92 Å². The second-order valence-electron chi connectivity index (χ2n) is 11.3. The van der Waals surface area contributed by atoms with Crippen LogP contribution < -0.4 is 15.5 Å². The van der Waals surface area contributed by atoms with Crippen molar-refractivity contribution >= 4 is 45.2 Å². The van der Waals surface area contributed by atoms with Gasteiger partial charge in [-0.2, -0.15) is 5.10 Å². The van der Waals surface area contributed by atoms with E-state index in [1.54, 1.807) is 28.4 Å². The van der Waals surface area contributed by atoms with Crippen LogP contribution in [0, 0.1) is 6.92 Å². The molecule has 1 aliphatic heterocycles. The number of carbonyl (C=O) groups excluding carboxylic acids is 1. The maximum atomic E-state index is 13.4. The predicted molar refractivity (Wildman–Crippen MR) is 189 cm³/mol. The molecule has 12 heteroatoms. The molecule has 2 N–H and O–H groups in total. The van der Waals surface area contributed by atoms with E-state index in [9.17, 15) is 4.79 Å². The molecule has 1 fully saturated rings. The first-order chi connectivity index (χ1) is 23.6.